The molecule has 0 radical (unpaired) electrons. The lowest BCUT2D eigenvalue weighted by Crippen LogP contribution is -2.24. The molecular weight excluding hydrogens is 162 g/mol. The molecule has 0 saturated heterocycles. The van der Waals surface area contributed by atoms with Gasteiger partial charge in [0, 0.05) is 18.9 Å². The average molecular weight is 181 g/mol. The van der Waals surface area contributed by atoms with Crippen LogP contribution in [0.3, 0.4) is 0 Å². The first kappa shape index (κ1) is 10.3. The molecule has 0 aliphatic heterocycles. The largest absolute Gasteiger partial charge is 0.337 e. The van der Waals surface area contributed by atoms with Crippen molar-refractivity contribution in [2.75, 3.05) is 19.6 Å². The number of hydrogen-bond donors (Lipinski definition) is 0. The van der Waals surface area contributed by atoms with Gasteiger partial charge in [0.05, 0.1) is 6.33 Å². The van der Waals surface area contributed by atoms with Crippen LogP contribution in [0.5, 0.6) is 0 Å². The maximum atomic E-state index is 4.01. The van der Waals surface area contributed by atoms with Crippen LogP contribution in [0.4, 0.5) is 0 Å². The normalized spacial score (nSPS) is 11.0. The van der Waals surface area contributed by atoms with Crippen LogP contribution in [-0.2, 0) is 6.54 Å². The summed E-state index contributed by atoms with van der Waals surface area (Å²) in [5.41, 5.74) is 0. The smallest absolute Gasteiger partial charge is 0.0945 e. The molecule has 1 aromatic rings. The average Bonchev–Trinajstić information content (AvgIpc) is 2.65. The van der Waals surface area contributed by atoms with Gasteiger partial charge in [0.15, 0.2) is 0 Å². The van der Waals surface area contributed by atoms with Crippen LogP contribution in [-0.4, -0.2) is 34.1 Å². The summed E-state index contributed by atoms with van der Waals surface area (Å²) in [5.74, 6) is 0. The lowest BCUT2D eigenvalue weighted by atomic mass is 10.3. The summed E-state index contributed by atoms with van der Waals surface area (Å²) < 4.78 is 2.13. The summed E-state index contributed by atoms with van der Waals surface area (Å²) in [7, 11) is 0. The Kier molecular flexibility index (Phi) is 4.54. The van der Waals surface area contributed by atoms with Crippen LogP contribution >= 0.6 is 0 Å². The third-order valence-electron chi connectivity index (χ3n) is 2.34. The second kappa shape index (κ2) is 5.75. The zero-order chi connectivity index (χ0) is 9.52. The van der Waals surface area contributed by atoms with Crippen molar-refractivity contribution in [2.24, 2.45) is 0 Å². The van der Waals surface area contributed by atoms with E-state index < -0.39 is 0 Å². The highest BCUT2D eigenvalue weighted by molar-refractivity contribution is 4.73. The molecular formula is C10H19N3. The van der Waals surface area contributed by atoms with E-state index in [2.05, 4.69) is 28.3 Å². The standard InChI is InChI=1S/C10H19N3/c1-3-12(4-2)7-5-8-13-9-6-11-10-13/h6,9-10H,3-5,7-8H2,1-2H3. The van der Waals surface area contributed by atoms with Crippen molar-refractivity contribution in [3.05, 3.63) is 18.7 Å². The van der Waals surface area contributed by atoms with E-state index >= 15 is 0 Å². The Balaban J connectivity index is 2.13. The molecule has 0 saturated carbocycles. The Morgan fingerprint density at radius 3 is 2.62 bits per heavy atom. The van der Waals surface area contributed by atoms with Gasteiger partial charge < -0.3 is 9.47 Å². The maximum Gasteiger partial charge on any atom is 0.0945 e. The maximum absolute atomic E-state index is 4.01. The molecule has 3 nitrogen and oxygen atoms in total. The molecule has 13 heavy (non-hydrogen) atoms. The molecule has 3 heteroatoms. The minimum Gasteiger partial charge on any atom is -0.337 e. The topological polar surface area (TPSA) is 21.1 Å². The minimum atomic E-state index is 1.08. The van der Waals surface area contributed by atoms with Crippen molar-refractivity contribution < 1.29 is 0 Å². The second-order valence-corrected chi connectivity index (χ2v) is 3.18. The molecule has 1 heterocycles. The number of aromatic nitrogens is 2. The number of nitrogens with zero attached hydrogens (tertiary/aromatic N) is 3. The van der Waals surface area contributed by atoms with Gasteiger partial charge in [-0.2, -0.15) is 0 Å². The molecule has 0 N–H and O–H groups in total. The van der Waals surface area contributed by atoms with E-state index in [1.54, 1.807) is 0 Å². The van der Waals surface area contributed by atoms with Gasteiger partial charge in [0.2, 0.25) is 0 Å². The predicted molar refractivity (Wildman–Crippen MR) is 54.6 cm³/mol. The minimum absolute atomic E-state index is 1.08. The Hall–Kier alpha value is -0.830. The van der Waals surface area contributed by atoms with Crippen molar-refractivity contribution in [1.29, 1.82) is 0 Å². The third kappa shape index (κ3) is 3.59. The Labute approximate surface area is 80.4 Å². The van der Waals surface area contributed by atoms with Gasteiger partial charge in [0.25, 0.3) is 0 Å². The highest BCUT2D eigenvalue weighted by Crippen LogP contribution is 1.94. The molecule has 0 spiro atoms. The number of rotatable bonds is 6. The summed E-state index contributed by atoms with van der Waals surface area (Å²) >= 11 is 0. The van der Waals surface area contributed by atoms with Gasteiger partial charge in [-0.3, -0.25) is 0 Å². The van der Waals surface area contributed by atoms with Crippen LogP contribution in [0, 0.1) is 0 Å². The van der Waals surface area contributed by atoms with Gasteiger partial charge in [-0.15, -0.1) is 0 Å². The van der Waals surface area contributed by atoms with E-state index in [9.17, 15) is 0 Å². The monoisotopic (exact) mass is 181 g/mol. The lowest BCUT2D eigenvalue weighted by Gasteiger charge is -2.17. The summed E-state index contributed by atoms with van der Waals surface area (Å²) in [5, 5.41) is 0. The highest BCUT2D eigenvalue weighted by atomic mass is 15.1. The molecule has 74 valence electrons. The van der Waals surface area contributed by atoms with Gasteiger partial charge in [-0.05, 0) is 26.1 Å². The van der Waals surface area contributed by atoms with Crippen LogP contribution in [0.2, 0.25) is 0 Å². The zero-order valence-corrected chi connectivity index (χ0v) is 8.61. The van der Waals surface area contributed by atoms with Crippen molar-refractivity contribution in [1.82, 2.24) is 14.5 Å². The Morgan fingerprint density at radius 1 is 1.31 bits per heavy atom. The molecule has 0 atom stereocenters. The van der Waals surface area contributed by atoms with Crippen molar-refractivity contribution in [2.45, 2.75) is 26.8 Å². The number of aryl methyl sites for hydroxylation is 1. The highest BCUT2D eigenvalue weighted by Gasteiger charge is 1.97. The van der Waals surface area contributed by atoms with Gasteiger partial charge in [0.1, 0.15) is 0 Å². The molecule has 0 fully saturated rings. The zero-order valence-electron chi connectivity index (χ0n) is 8.61. The Morgan fingerprint density at radius 2 is 2.08 bits per heavy atom. The fraction of sp³-hybridized carbons (Fsp3) is 0.700. The molecule has 0 aromatic carbocycles. The summed E-state index contributed by atoms with van der Waals surface area (Å²) in [6.07, 6.45) is 6.93. The van der Waals surface area contributed by atoms with E-state index in [0.717, 1.165) is 19.6 Å². The van der Waals surface area contributed by atoms with E-state index in [0.29, 0.717) is 0 Å². The third-order valence-corrected chi connectivity index (χ3v) is 2.34. The van der Waals surface area contributed by atoms with E-state index in [1.165, 1.54) is 13.0 Å². The molecule has 0 unspecified atom stereocenters. The lowest BCUT2D eigenvalue weighted by molar-refractivity contribution is 0.293. The van der Waals surface area contributed by atoms with Crippen molar-refractivity contribution in [3.8, 4) is 0 Å². The summed E-state index contributed by atoms with van der Waals surface area (Å²) in [6, 6.07) is 0. The first-order valence-corrected chi connectivity index (χ1v) is 5.05. The quantitative estimate of drug-likeness (QED) is 0.665. The van der Waals surface area contributed by atoms with Gasteiger partial charge in [-0.25, -0.2) is 4.98 Å². The van der Waals surface area contributed by atoms with Crippen LogP contribution in [0.15, 0.2) is 18.7 Å². The van der Waals surface area contributed by atoms with E-state index in [1.807, 2.05) is 18.7 Å². The van der Waals surface area contributed by atoms with Crippen LogP contribution in [0.1, 0.15) is 20.3 Å². The van der Waals surface area contributed by atoms with Crippen LogP contribution in [0.25, 0.3) is 0 Å². The fourth-order valence-corrected chi connectivity index (χ4v) is 1.44. The van der Waals surface area contributed by atoms with Crippen LogP contribution < -0.4 is 0 Å². The molecule has 0 aliphatic rings. The fourth-order valence-electron chi connectivity index (χ4n) is 1.44. The van der Waals surface area contributed by atoms with Gasteiger partial charge in [-0.1, -0.05) is 13.8 Å². The van der Waals surface area contributed by atoms with E-state index in [-0.39, 0.29) is 0 Å². The second-order valence-electron chi connectivity index (χ2n) is 3.18. The molecule has 0 aliphatic carbocycles. The molecule has 1 aromatic heterocycles. The first-order valence-electron chi connectivity index (χ1n) is 5.05. The van der Waals surface area contributed by atoms with Crippen molar-refractivity contribution in [3.63, 3.8) is 0 Å². The first-order chi connectivity index (χ1) is 6.36. The predicted octanol–water partition coefficient (Wildman–Crippen LogP) is 1.61. The number of imidazole rings is 1. The Bertz CT molecular complexity index is 202. The van der Waals surface area contributed by atoms with Gasteiger partial charge >= 0.3 is 0 Å². The number of hydrogen-bond acceptors (Lipinski definition) is 2. The summed E-state index contributed by atoms with van der Waals surface area (Å²) in [4.78, 5) is 6.45. The van der Waals surface area contributed by atoms with E-state index in [4.69, 9.17) is 0 Å². The molecule has 1 rings (SSSR count). The SMILES string of the molecule is CCN(CC)CCCn1ccnc1. The molecule has 0 bridgehead atoms. The van der Waals surface area contributed by atoms with Crippen molar-refractivity contribution >= 4 is 0 Å². The molecule has 0 amide bonds. The summed E-state index contributed by atoms with van der Waals surface area (Å²) in [6.45, 7) is 8.99.